The summed E-state index contributed by atoms with van der Waals surface area (Å²) in [5, 5.41) is 22.3. The first kappa shape index (κ1) is 25.8. The Bertz CT molecular complexity index is 1420. The molecule has 190 valence electrons. The molecule has 2 aromatic carbocycles. The van der Waals surface area contributed by atoms with Gasteiger partial charge in [0.1, 0.15) is 11.8 Å². The number of rotatable bonds is 8. The highest BCUT2D eigenvalue weighted by Crippen LogP contribution is 2.36. The molecule has 0 N–H and O–H groups in total. The van der Waals surface area contributed by atoms with Crippen LogP contribution < -0.4 is 9.47 Å². The minimum absolute atomic E-state index is 0.0597. The van der Waals surface area contributed by atoms with Crippen molar-refractivity contribution < 1.29 is 24.0 Å². The average Bonchev–Trinajstić information content (AvgIpc) is 2.91. The second-order valence-electron chi connectivity index (χ2n) is 8.35. The minimum Gasteiger partial charge on any atom is -0.449 e. The number of aromatic nitrogens is 2. The molecule has 37 heavy (non-hydrogen) atoms. The molecule has 3 aromatic rings. The number of piperidine rings is 1. The third-order valence-electron chi connectivity index (χ3n) is 5.91. The van der Waals surface area contributed by atoms with E-state index >= 15 is 0 Å². The number of carbonyl (C=O) groups is 2. The quantitative estimate of drug-likeness (QED) is 0.234. The monoisotopic (exact) mass is 523 g/mol. The number of amides is 1. The number of nitriles is 1. The van der Waals surface area contributed by atoms with Crippen LogP contribution in [0.1, 0.15) is 32.6 Å². The molecule has 0 saturated carbocycles. The molecule has 12 heteroatoms. The summed E-state index contributed by atoms with van der Waals surface area (Å²) in [6.07, 6.45) is 3.52. The molecule has 1 aliphatic rings. The summed E-state index contributed by atoms with van der Waals surface area (Å²) >= 11 is 5.97. The molecule has 1 amide bonds. The number of halogens is 1. The number of nitro groups is 1. The molecule has 1 unspecified atom stereocenters. The van der Waals surface area contributed by atoms with E-state index < -0.39 is 33.7 Å². The van der Waals surface area contributed by atoms with Gasteiger partial charge in [-0.3, -0.25) is 19.7 Å². The third kappa shape index (κ3) is 5.29. The lowest BCUT2D eigenvalue weighted by Gasteiger charge is -2.33. The number of ketones is 1. The van der Waals surface area contributed by atoms with Crippen LogP contribution in [0.3, 0.4) is 0 Å². The van der Waals surface area contributed by atoms with E-state index in [0.717, 1.165) is 31.4 Å². The highest BCUT2D eigenvalue weighted by molar-refractivity contribution is 6.31. The van der Waals surface area contributed by atoms with Crippen molar-refractivity contribution in [2.24, 2.45) is 0 Å². The largest absolute Gasteiger partial charge is 0.449 e. The molecular weight excluding hydrogens is 502 g/mol. The SMILES string of the molecule is CCC(=O)C(C#N)(Oc1cc(Oc2cnc3cc(Cl)ccc3n2)ccc1[N+](=O)[O-])C(=O)N1CCCCC1. The van der Waals surface area contributed by atoms with Crippen molar-refractivity contribution in [2.45, 2.75) is 38.2 Å². The molecule has 1 atom stereocenters. The molecule has 0 bridgehead atoms. The van der Waals surface area contributed by atoms with Crippen LogP contribution in [0.5, 0.6) is 17.4 Å². The molecule has 1 fully saturated rings. The summed E-state index contributed by atoms with van der Waals surface area (Å²) in [5.74, 6) is -1.96. The first-order chi connectivity index (χ1) is 17.8. The van der Waals surface area contributed by atoms with Gasteiger partial charge in [0.25, 0.3) is 5.91 Å². The van der Waals surface area contributed by atoms with Gasteiger partial charge >= 0.3 is 11.3 Å². The number of ether oxygens (including phenoxy) is 2. The van der Waals surface area contributed by atoms with Gasteiger partial charge in [0.15, 0.2) is 0 Å². The van der Waals surface area contributed by atoms with Crippen LogP contribution in [-0.2, 0) is 9.59 Å². The van der Waals surface area contributed by atoms with Crippen LogP contribution in [0, 0.1) is 21.4 Å². The van der Waals surface area contributed by atoms with Gasteiger partial charge in [-0.25, -0.2) is 9.97 Å². The van der Waals surface area contributed by atoms with Crippen LogP contribution in [0.2, 0.25) is 5.02 Å². The summed E-state index contributed by atoms with van der Waals surface area (Å²) in [4.78, 5) is 47.3. The predicted octanol–water partition coefficient (Wildman–Crippen LogP) is 4.62. The molecule has 4 rings (SSSR count). The van der Waals surface area contributed by atoms with Gasteiger partial charge in [-0.15, -0.1) is 0 Å². The van der Waals surface area contributed by atoms with Crippen molar-refractivity contribution >= 4 is 40.0 Å². The molecule has 0 aliphatic carbocycles. The number of likely N-dealkylation sites (tertiary alicyclic amines) is 1. The van der Waals surface area contributed by atoms with Crippen LogP contribution in [-0.4, -0.2) is 50.2 Å². The van der Waals surface area contributed by atoms with Crippen molar-refractivity contribution in [3.8, 4) is 23.4 Å². The first-order valence-electron chi connectivity index (χ1n) is 11.6. The molecule has 2 heterocycles. The van der Waals surface area contributed by atoms with Gasteiger partial charge in [-0.2, -0.15) is 5.26 Å². The third-order valence-corrected chi connectivity index (χ3v) is 6.15. The van der Waals surface area contributed by atoms with Crippen LogP contribution in [0.4, 0.5) is 5.69 Å². The maximum atomic E-state index is 13.4. The summed E-state index contributed by atoms with van der Waals surface area (Å²) in [5.41, 5.74) is -2.07. The highest BCUT2D eigenvalue weighted by Gasteiger charge is 2.51. The second-order valence-corrected chi connectivity index (χ2v) is 8.79. The predicted molar refractivity (Wildman–Crippen MR) is 132 cm³/mol. The van der Waals surface area contributed by atoms with Crippen LogP contribution in [0.15, 0.2) is 42.6 Å². The fourth-order valence-corrected chi connectivity index (χ4v) is 4.18. The Hall–Kier alpha value is -4.30. The number of nitrogens with zero attached hydrogens (tertiary/aromatic N) is 5. The summed E-state index contributed by atoms with van der Waals surface area (Å²) in [6, 6.07) is 10.2. The zero-order valence-corrected chi connectivity index (χ0v) is 20.6. The fourth-order valence-electron chi connectivity index (χ4n) is 4.01. The van der Waals surface area contributed by atoms with Gasteiger partial charge in [-0.1, -0.05) is 18.5 Å². The maximum absolute atomic E-state index is 13.4. The summed E-state index contributed by atoms with van der Waals surface area (Å²) < 4.78 is 11.4. The molecule has 1 aliphatic heterocycles. The van der Waals surface area contributed by atoms with E-state index in [2.05, 4.69) is 9.97 Å². The molecular formula is C25H22ClN5O6. The zero-order valence-electron chi connectivity index (χ0n) is 19.8. The first-order valence-corrected chi connectivity index (χ1v) is 12.0. The van der Waals surface area contributed by atoms with E-state index in [4.69, 9.17) is 21.1 Å². The lowest BCUT2D eigenvalue weighted by molar-refractivity contribution is -0.386. The fraction of sp³-hybridized carbons (Fsp3) is 0.320. The lowest BCUT2D eigenvalue weighted by atomic mass is 9.94. The van der Waals surface area contributed by atoms with E-state index in [-0.39, 0.29) is 18.1 Å². The Morgan fingerprint density at radius 3 is 2.62 bits per heavy atom. The maximum Gasteiger partial charge on any atom is 0.330 e. The molecule has 1 aromatic heterocycles. The van der Waals surface area contributed by atoms with Crippen molar-refractivity contribution in [3.05, 3.63) is 57.7 Å². The van der Waals surface area contributed by atoms with Gasteiger partial charge in [0.05, 0.1) is 22.2 Å². The number of Topliss-reactive ketones (excluding diaryl/α,β-unsaturated/α-hetero) is 1. The molecule has 11 nitrogen and oxygen atoms in total. The number of fused-ring (bicyclic) bond motifs is 1. The zero-order chi connectivity index (χ0) is 26.6. The molecule has 0 radical (unpaired) electrons. The smallest absolute Gasteiger partial charge is 0.330 e. The standard InChI is InChI=1S/C25H22ClN5O6/c1-2-22(32)25(15-27,24(33)30-10-4-3-5-11-30)37-21-13-17(7-9-20(21)31(34)35)36-23-14-28-19-12-16(26)6-8-18(19)29-23/h6-9,12-14H,2-5,10-11H2,1H3. The molecule has 1 saturated heterocycles. The Labute approximate surface area is 216 Å². The normalized spacial score (nSPS) is 14.9. The van der Waals surface area contributed by atoms with E-state index in [0.29, 0.717) is 29.1 Å². The van der Waals surface area contributed by atoms with E-state index in [1.807, 2.05) is 0 Å². The number of hydrogen-bond acceptors (Lipinski definition) is 9. The number of benzene rings is 2. The van der Waals surface area contributed by atoms with E-state index in [1.165, 1.54) is 24.1 Å². The Morgan fingerprint density at radius 1 is 1.19 bits per heavy atom. The summed E-state index contributed by atoms with van der Waals surface area (Å²) in [7, 11) is 0. The minimum atomic E-state index is -2.57. The topological polar surface area (TPSA) is 149 Å². The van der Waals surface area contributed by atoms with Gasteiger partial charge in [0.2, 0.25) is 17.4 Å². The van der Waals surface area contributed by atoms with Crippen LogP contribution in [0.25, 0.3) is 11.0 Å². The number of carbonyl (C=O) groups excluding carboxylic acids is 2. The average molecular weight is 524 g/mol. The van der Waals surface area contributed by atoms with E-state index in [9.17, 15) is 25.0 Å². The van der Waals surface area contributed by atoms with Gasteiger partial charge < -0.3 is 14.4 Å². The Kier molecular flexibility index (Phi) is 7.50. The van der Waals surface area contributed by atoms with Crippen LogP contribution >= 0.6 is 11.6 Å². The molecule has 0 spiro atoms. The van der Waals surface area contributed by atoms with Crippen molar-refractivity contribution in [1.29, 1.82) is 5.26 Å². The van der Waals surface area contributed by atoms with Crippen molar-refractivity contribution in [1.82, 2.24) is 14.9 Å². The van der Waals surface area contributed by atoms with Crippen molar-refractivity contribution in [2.75, 3.05) is 13.1 Å². The Morgan fingerprint density at radius 2 is 1.95 bits per heavy atom. The lowest BCUT2D eigenvalue weighted by Crippen LogP contribution is -2.58. The highest BCUT2D eigenvalue weighted by atomic mass is 35.5. The van der Waals surface area contributed by atoms with E-state index in [1.54, 1.807) is 24.3 Å². The number of nitro benzene ring substituents is 1. The van der Waals surface area contributed by atoms with Gasteiger partial charge in [0, 0.05) is 36.7 Å². The van der Waals surface area contributed by atoms with Crippen molar-refractivity contribution in [3.63, 3.8) is 0 Å². The summed E-state index contributed by atoms with van der Waals surface area (Å²) in [6.45, 7) is 2.21. The second kappa shape index (κ2) is 10.8. The van der Waals surface area contributed by atoms with Gasteiger partial charge in [-0.05, 0) is 43.5 Å². The Balaban J connectivity index is 1.71. The number of hydrogen-bond donors (Lipinski definition) is 0.